The van der Waals surface area contributed by atoms with Gasteiger partial charge in [0.05, 0.1) is 6.34 Å². The number of pyridine rings is 1. The maximum atomic E-state index is 7.52. The summed E-state index contributed by atoms with van der Waals surface area (Å²) in [6, 6.07) is 3.72. The van der Waals surface area contributed by atoms with Crippen molar-refractivity contribution in [2.75, 3.05) is 0 Å². The van der Waals surface area contributed by atoms with E-state index in [0.717, 1.165) is 12.8 Å². The average molecular weight is 191 g/mol. The van der Waals surface area contributed by atoms with E-state index in [1.165, 1.54) is 16.5 Å². The molecule has 3 nitrogen and oxygen atoms in total. The predicted molar refractivity (Wildman–Crippen MR) is 57.8 cm³/mol. The summed E-state index contributed by atoms with van der Waals surface area (Å²) < 4.78 is 1.53. The van der Waals surface area contributed by atoms with Crippen LogP contribution in [0.5, 0.6) is 0 Å². The zero-order valence-corrected chi connectivity index (χ0v) is 8.75. The molecule has 1 heterocycles. The first-order valence-corrected chi connectivity index (χ1v) is 4.96. The molecule has 0 aliphatic rings. The van der Waals surface area contributed by atoms with Crippen LogP contribution in [0, 0.1) is 10.8 Å². The Kier molecular flexibility index (Phi) is 3.63. The van der Waals surface area contributed by atoms with E-state index in [4.69, 9.17) is 10.8 Å². The van der Waals surface area contributed by atoms with Crippen LogP contribution in [0.3, 0.4) is 0 Å². The van der Waals surface area contributed by atoms with Crippen LogP contribution in [0.2, 0.25) is 0 Å². The summed E-state index contributed by atoms with van der Waals surface area (Å²) in [4.78, 5) is 0. The van der Waals surface area contributed by atoms with Crippen LogP contribution in [-0.2, 0) is 0 Å². The van der Waals surface area contributed by atoms with Gasteiger partial charge in [-0.25, -0.2) is 0 Å². The van der Waals surface area contributed by atoms with Gasteiger partial charge in [0.25, 0.3) is 0 Å². The van der Waals surface area contributed by atoms with Gasteiger partial charge in [-0.1, -0.05) is 26.3 Å². The molecule has 0 aliphatic carbocycles. The summed E-state index contributed by atoms with van der Waals surface area (Å²) in [5.74, 6) is 0.506. The second-order valence-corrected chi connectivity index (χ2v) is 3.57. The predicted octanol–water partition coefficient (Wildman–Crippen LogP) is 2.33. The van der Waals surface area contributed by atoms with Gasteiger partial charge in [0, 0.05) is 6.20 Å². The zero-order chi connectivity index (χ0) is 10.6. The fraction of sp³-hybridized carbons (Fsp3) is 0.455. The normalized spacial score (nSPS) is 12.4. The molecule has 1 aromatic heterocycles. The fourth-order valence-corrected chi connectivity index (χ4v) is 1.53. The third-order valence-electron chi connectivity index (χ3n) is 2.43. The zero-order valence-electron chi connectivity index (χ0n) is 8.75. The second-order valence-electron chi connectivity index (χ2n) is 3.57. The van der Waals surface area contributed by atoms with Crippen LogP contribution in [0.15, 0.2) is 18.3 Å². The lowest BCUT2D eigenvalue weighted by Crippen LogP contribution is -2.18. The van der Waals surface area contributed by atoms with Crippen LogP contribution >= 0.6 is 0 Å². The fourth-order valence-electron chi connectivity index (χ4n) is 1.53. The van der Waals surface area contributed by atoms with Gasteiger partial charge in [-0.15, -0.1) is 0 Å². The number of nitrogens with one attached hydrogen (secondary N) is 2. The summed E-state index contributed by atoms with van der Waals surface area (Å²) in [6.45, 7) is 4.34. The molecule has 0 spiro atoms. The SMILES string of the molecule is CCCC(C)c1ccc(=N)n(C=N)c1. The number of rotatable bonds is 4. The molecule has 0 aliphatic heterocycles. The van der Waals surface area contributed by atoms with Gasteiger partial charge >= 0.3 is 0 Å². The van der Waals surface area contributed by atoms with Crippen molar-refractivity contribution >= 4 is 6.34 Å². The molecule has 1 unspecified atom stereocenters. The van der Waals surface area contributed by atoms with E-state index in [9.17, 15) is 0 Å². The molecule has 0 saturated heterocycles. The van der Waals surface area contributed by atoms with Crippen LogP contribution in [0.25, 0.3) is 0 Å². The minimum Gasteiger partial charge on any atom is -0.293 e. The standard InChI is InChI=1S/C11H17N3/c1-3-4-9(2)10-5-6-11(13)14(7-10)8-12/h5-9,12-13H,3-4H2,1-2H3. The van der Waals surface area contributed by atoms with Gasteiger partial charge in [-0.3, -0.25) is 15.4 Å². The third kappa shape index (κ3) is 2.31. The van der Waals surface area contributed by atoms with Gasteiger partial charge in [-0.2, -0.15) is 0 Å². The van der Waals surface area contributed by atoms with E-state index in [0.29, 0.717) is 11.4 Å². The van der Waals surface area contributed by atoms with Crippen molar-refractivity contribution < 1.29 is 0 Å². The molecule has 0 fully saturated rings. The quantitative estimate of drug-likeness (QED) is 0.542. The maximum absolute atomic E-state index is 7.52. The molecule has 1 rings (SSSR count). The van der Waals surface area contributed by atoms with Crippen LogP contribution in [0.1, 0.15) is 38.2 Å². The number of nitrogens with zero attached hydrogens (tertiary/aromatic N) is 1. The van der Waals surface area contributed by atoms with E-state index >= 15 is 0 Å². The number of hydrogen-bond acceptors (Lipinski definition) is 2. The van der Waals surface area contributed by atoms with E-state index in [2.05, 4.69) is 13.8 Å². The monoisotopic (exact) mass is 191 g/mol. The lowest BCUT2D eigenvalue weighted by molar-refractivity contribution is 0.659. The van der Waals surface area contributed by atoms with Gasteiger partial charge < -0.3 is 0 Å². The Hall–Kier alpha value is -1.38. The largest absolute Gasteiger partial charge is 0.293 e. The molecule has 0 saturated carbocycles. The van der Waals surface area contributed by atoms with Crippen molar-refractivity contribution in [3.8, 4) is 0 Å². The van der Waals surface area contributed by atoms with Crippen molar-refractivity contribution in [3.05, 3.63) is 29.4 Å². The number of aromatic nitrogens is 1. The van der Waals surface area contributed by atoms with Gasteiger partial charge in [0.2, 0.25) is 0 Å². The van der Waals surface area contributed by atoms with Crippen molar-refractivity contribution in [3.63, 3.8) is 0 Å². The highest BCUT2D eigenvalue weighted by molar-refractivity contribution is 5.54. The highest BCUT2D eigenvalue weighted by Gasteiger charge is 2.04. The first kappa shape index (κ1) is 10.7. The van der Waals surface area contributed by atoms with Gasteiger partial charge in [0.1, 0.15) is 5.49 Å². The van der Waals surface area contributed by atoms with Crippen LogP contribution in [-0.4, -0.2) is 10.9 Å². The summed E-state index contributed by atoms with van der Waals surface area (Å²) in [5.41, 5.74) is 1.55. The van der Waals surface area contributed by atoms with Crippen molar-refractivity contribution in [1.29, 1.82) is 10.8 Å². The summed E-state index contributed by atoms with van der Waals surface area (Å²) >= 11 is 0. The molecule has 1 aromatic rings. The summed E-state index contributed by atoms with van der Waals surface area (Å²) in [5, 5.41) is 14.7. The second kappa shape index (κ2) is 4.74. The number of hydrogen-bond donors (Lipinski definition) is 2. The lowest BCUT2D eigenvalue weighted by Gasteiger charge is -2.11. The molecule has 76 valence electrons. The first-order valence-electron chi connectivity index (χ1n) is 4.96. The molecule has 0 aromatic carbocycles. The van der Waals surface area contributed by atoms with Crippen molar-refractivity contribution in [1.82, 2.24) is 4.57 Å². The van der Waals surface area contributed by atoms with Gasteiger partial charge in [-0.05, 0) is 24.0 Å². The van der Waals surface area contributed by atoms with E-state index < -0.39 is 0 Å². The molecule has 2 N–H and O–H groups in total. The molecular formula is C11H17N3. The Morgan fingerprint density at radius 2 is 2.21 bits per heavy atom. The molecule has 0 bridgehead atoms. The van der Waals surface area contributed by atoms with Crippen molar-refractivity contribution in [2.24, 2.45) is 0 Å². The highest BCUT2D eigenvalue weighted by Crippen LogP contribution is 2.18. The van der Waals surface area contributed by atoms with Crippen LogP contribution < -0.4 is 5.49 Å². The summed E-state index contributed by atoms with van der Waals surface area (Å²) in [6.07, 6.45) is 5.35. The Labute approximate surface area is 84.4 Å². The van der Waals surface area contributed by atoms with Crippen molar-refractivity contribution in [2.45, 2.75) is 32.6 Å². The molecular weight excluding hydrogens is 174 g/mol. The molecule has 0 amide bonds. The minimum absolute atomic E-state index is 0.354. The Balaban J connectivity index is 3.00. The van der Waals surface area contributed by atoms with E-state index in [1.54, 1.807) is 6.07 Å². The minimum atomic E-state index is 0.354. The maximum Gasteiger partial charge on any atom is 0.129 e. The van der Waals surface area contributed by atoms with Gasteiger partial charge in [0.15, 0.2) is 0 Å². The molecule has 14 heavy (non-hydrogen) atoms. The molecule has 1 atom stereocenters. The third-order valence-corrected chi connectivity index (χ3v) is 2.43. The topological polar surface area (TPSA) is 52.6 Å². The Bertz CT molecular complexity index is 365. The van der Waals surface area contributed by atoms with E-state index in [1.807, 2.05) is 12.3 Å². The first-order chi connectivity index (χ1) is 6.69. The molecule has 3 heteroatoms. The van der Waals surface area contributed by atoms with Crippen LogP contribution in [0.4, 0.5) is 0 Å². The summed E-state index contributed by atoms with van der Waals surface area (Å²) in [7, 11) is 0. The smallest absolute Gasteiger partial charge is 0.129 e. The Morgan fingerprint density at radius 1 is 1.50 bits per heavy atom. The highest BCUT2D eigenvalue weighted by atomic mass is 15.0. The lowest BCUT2D eigenvalue weighted by atomic mass is 9.98. The Morgan fingerprint density at radius 3 is 2.79 bits per heavy atom. The van der Waals surface area contributed by atoms with E-state index in [-0.39, 0.29) is 0 Å². The molecule has 0 radical (unpaired) electrons. The average Bonchev–Trinajstić information content (AvgIpc) is 2.19.